The van der Waals surface area contributed by atoms with E-state index in [0.717, 1.165) is 38.5 Å². The van der Waals surface area contributed by atoms with Crippen molar-refractivity contribution in [1.82, 2.24) is 25.3 Å². The van der Waals surface area contributed by atoms with Crippen molar-refractivity contribution in [2.24, 2.45) is 0 Å². The lowest BCUT2D eigenvalue weighted by atomic mass is 10.0. The second-order valence-electron chi connectivity index (χ2n) is 6.62. The van der Waals surface area contributed by atoms with Gasteiger partial charge in [0, 0.05) is 43.6 Å². The van der Waals surface area contributed by atoms with Crippen molar-refractivity contribution in [3.05, 3.63) is 18.5 Å². The average molecular weight is 305 g/mol. The summed E-state index contributed by atoms with van der Waals surface area (Å²) in [7, 11) is 0. The molecule has 1 amide bonds. The molecule has 2 heterocycles. The molecule has 1 unspecified atom stereocenters. The number of piperidine rings is 1. The van der Waals surface area contributed by atoms with Gasteiger partial charge in [-0.15, -0.1) is 0 Å². The molecule has 0 radical (unpaired) electrons. The number of likely N-dealkylation sites (tertiary alicyclic amines) is 1. The van der Waals surface area contributed by atoms with Crippen LogP contribution in [0.5, 0.6) is 0 Å². The van der Waals surface area contributed by atoms with E-state index >= 15 is 0 Å². The molecule has 1 aromatic heterocycles. The van der Waals surface area contributed by atoms with Crippen molar-refractivity contribution < 1.29 is 4.79 Å². The van der Waals surface area contributed by atoms with E-state index in [1.807, 2.05) is 16.9 Å². The van der Waals surface area contributed by atoms with Crippen LogP contribution in [0.2, 0.25) is 0 Å². The van der Waals surface area contributed by atoms with Crippen molar-refractivity contribution in [2.75, 3.05) is 19.6 Å². The number of nitrogens with zero attached hydrogens (tertiary/aromatic N) is 3. The predicted octanol–water partition coefficient (Wildman–Crippen LogP) is 0.604. The Bertz CT molecular complexity index is 463. The topological polar surface area (TPSA) is 62.2 Å². The highest BCUT2D eigenvalue weighted by Gasteiger charge is 2.31. The maximum absolute atomic E-state index is 12.0. The fourth-order valence-electron chi connectivity index (χ4n) is 3.15. The molecule has 0 spiro atoms. The Kier molecular flexibility index (Phi) is 5.10. The van der Waals surface area contributed by atoms with Gasteiger partial charge in [-0.05, 0) is 38.7 Å². The lowest BCUT2D eigenvalue weighted by Gasteiger charge is -2.32. The highest BCUT2D eigenvalue weighted by molar-refractivity contribution is 5.78. The van der Waals surface area contributed by atoms with Crippen LogP contribution in [0.1, 0.15) is 32.6 Å². The van der Waals surface area contributed by atoms with E-state index in [2.05, 4.69) is 27.6 Å². The lowest BCUT2D eigenvalue weighted by molar-refractivity contribution is -0.121. The second-order valence-corrected chi connectivity index (χ2v) is 6.62. The van der Waals surface area contributed by atoms with E-state index in [1.165, 1.54) is 12.8 Å². The highest BCUT2D eigenvalue weighted by atomic mass is 16.2. The Labute approximate surface area is 132 Å². The Balaban J connectivity index is 1.30. The molecule has 1 atom stereocenters. The van der Waals surface area contributed by atoms with Crippen molar-refractivity contribution in [2.45, 2.75) is 57.3 Å². The number of hydrogen-bond acceptors (Lipinski definition) is 4. The summed E-state index contributed by atoms with van der Waals surface area (Å²) < 4.78 is 1.88. The van der Waals surface area contributed by atoms with Crippen LogP contribution in [0, 0.1) is 0 Å². The molecule has 6 heteroatoms. The summed E-state index contributed by atoms with van der Waals surface area (Å²) >= 11 is 0. The number of amides is 1. The van der Waals surface area contributed by atoms with Gasteiger partial charge in [0.1, 0.15) is 0 Å². The summed E-state index contributed by atoms with van der Waals surface area (Å²) in [6, 6.07) is 3.34. The molecule has 1 saturated heterocycles. The van der Waals surface area contributed by atoms with Gasteiger partial charge in [0.05, 0.1) is 13.1 Å². The number of aromatic nitrogens is 2. The second kappa shape index (κ2) is 7.24. The smallest absolute Gasteiger partial charge is 0.234 e. The van der Waals surface area contributed by atoms with E-state index in [9.17, 15) is 4.79 Å². The van der Waals surface area contributed by atoms with Gasteiger partial charge in [0.15, 0.2) is 0 Å². The van der Waals surface area contributed by atoms with Crippen molar-refractivity contribution >= 4 is 5.91 Å². The third-order valence-corrected chi connectivity index (χ3v) is 4.59. The molecule has 1 aliphatic heterocycles. The summed E-state index contributed by atoms with van der Waals surface area (Å²) in [5, 5.41) is 10.6. The Morgan fingerprint density at radius 1 is 1.32 bits per heavy atom. The summed E-state index contributed by atoms with van der Waals surface area (Å²) in [5.41, 5.74) is 0. The van der Waals surface area contributed by atoms with Gasteiger partial charge in [-0.2, -0.15) is 5.10 Å². The Morgan fingerprint density at radius 2 is 2.09 bits per heavy atom. The molecule has 2 fully saturated rings. The third-order valence-electron chi connectivity index (χ3n) is 4.59. The number of nitrogens with one attached hydrogen (secondary N) is 2. The molecule has 0 bridgehead atoms. The summed E-state index contributed by atoms with van der Waals surface area (Å²) in [6.45, 7) is 5.51. The molecular weight excluding hydrogens is 278 g/mol. The van der Waals surface area contributed by atoms with Crippen LogP contribution in [-0.2, 0) is 11.3 Å². The van der Waals surface area contributed by atoms with Gasteiger partial charge in [0.2, 0.25) is 5.91 Å². The van der Waals surface area contributed by atoms with Crippen LogP contribution < -0.4 is 10.6 Å². The zero-order valence-electron chi connectivity index (χ0n) is 13.4. The van der Waals surface area contributed by atoms with Crippen molar-refractivity contribution in [1.29, 1.82) is 0 Å². The minimum Gasteiger partial charge on any atom is -0.352 e. The summed E-state index contributed by atoms with van der Waals surface area (Å²) in [5.74, 6) is 0.109. The molecule has 22 heavy (non-hydrogen) atoms. The normalized spacial score (nSPS) is 21.7. The first kappa shape index (κ1) is 15.5. The predicted molar refractivity (Wildman–Crippen MR) is 85.5 cm³/mol. The standard InChI is InChI=1S/C16H27N5O/c1-13(12-21-8-2-7-18-21)17-11-16(22)19-14-5-9-20(10-6-14)15-3-4-15/h2,7-8,13-15,17H,3-6,9-12H2,1H3,(H,19,22). The monoisotopic (exact) mass is 305 g/mol. The number of carbonyl (C=O) groups is 1. The van der Waals surface area contributed by atoms with Crippen molar-refractivity contribution in [3.8, 4) is 0 Å². The minimum atomic E-state index is 0.109. The van der Waals surface area contributed by atoms with Crippen molar-refractivity contribution in [3.63, 3.8) is 0 Å². The molecule has 1 aliphatic carbocycles. The fourth-order valence-corrected chi connectivity index (χ4v) is 3.15. The number of carbonyl (C=O) groups excluding carboxylic acids is 1. The van der Waals surface area contributed by atoms with Crippen LogP contribution in [-0.4, -0.2) is 58.3 Å². The first-order chi connectivity index (χ1) is 10.7. The molecule has 1 saturated carbocycles. The molecule has 122 valence electrons. The van der Waals surface area contributed by atoms with E-state index < -0.39 is 0 Å². The van der Waals surface area contributed by atoms with E-state index in [4.69, 9.17) is 0 Å². The molecule has 3 rings (SSSR count). The first-order valence-electron chi connectivity index (χ1n) is 8.45. The van der Waals surface area contributed by atoms with E-state index in [-0.39, 0.29) is 11.9 Å². The van der Waals surface area contributed by atoms with E-state index in [0.29, 0.717) is 12.6 Å². The quantitative estimate of drug-likeness (QED) is 0.774. The van der Waals surface area contributed by atoms with Crippen LogP contribution in [0.25, 0.3) is 0 Å². The SMILES string of the molecule is CC(Cn1cccn1)NCC(=O)NC1CCN(C2CC2)CC1. The molecule has 2 N–H and O–H groups in total. The largest absolute Gasteiger partial charge is 0.352 e. The van der Waals surface area contributed by atoms with Gasteiger partial charge in [-0.1, -0.05) is 0 Å². The molecule has 6 nitrogen and oxygen atoms in total. The lowest BCUT2D eigenvalue weighted by Crippen LogP contribution is -2.48. The van der Waals surface area contributed by atoms with Crippen LogP contribution in [0.3, 0.4) is 0 Å². The Hall–Kier alpha value is -1.40. The van der Waals surface area contributed by atoms with Crippen LogP contribution in [0.4, 0.5) is 0 Å². The average Bonchev–Trinajstić information content (AvgIpc) is 3.24. The molecular formula is C16H27N5O. The zero-order chi connectivity index (χ0) is 15.4. The minimum absolute atomic E-state index is 0.109. The van der Waals surface area contributed by atoms with Gasteiger partial charge in [0.25, 0.3) is 0 Å². The van der Waals surface area contributed by atoms with Crippen LogP contribution in [0.15, 0.2) is 18.5 Å². The number of rotatable bonds is 7. The Morgan fingerprint density at radius 3 is 2.73 bits per heavy atom. The highest BCUT2D eigenvalue weighted by Crippen LogP contribution is 2.29. The van der Waals surface area contributed by atoms with Gasteiger partial charge in [-0.25, -0.2) is 0 Å². The third kappa shape index (κ3) is 4.55. The van der Waals surface area contributed by atoms with Crippen LogP contribution >= 0.6 is 0 Å². The summed E-state index contributed by atoms with van der Waals surface area (Å²) in [4.78, 5) is 14.6. The van der Waals surface area contributed by atoms with Gasteiger partial charge < -0.3 is 15.5 Å². The maximum atomic E-state index is 12.0. The molecule has 0 aromatic carbocycles. The fraction of sp³-hybridized carbons (Fsp3) is 0.750. The van der Waals surface area contributed by atoms with Gasteiger partial charge >= 0.3 is 0 Å². The van der Waals surface area contributed by atoms with E-state index in [1.54, 1.807) is 6.20 Å². The summed E-state index contributed by atoms with van der Waals surface area (Å²) in [6.07, 6.45) is 8.62. The van der Waals surface area contributed by atoms with Gasteiger partial charge in [-0.3, -0.25) is 9.48 Å². The molecule has 1 aromatic rings. The molecule has 2 aliphatic rings. The number of hydrogen-bond donors (Lipinski definition) is 2. The first-order valence-corrected chi connectivity index (χ1v) is 8.45. The maximum Gasteiger partial charge on any atom is 0.234 e. The zero-order valence-corrected chi connectivity index (χ0v) is 13.4.